The van der Waals surface area contributed by atoms with E-state index < -0.39 is 6.10 Å². The molecule has 2 atom stereocenters. The molecule has 112 valence electrons. The molecule has 20 heavy (non-hydrogen) atoms. The van der Waals surface area contributed by atoms with Crippen molar-refractivity contribution in [3.8, 4) is 5.75 Å². The number of ether oxygens (including phenoxy) is 2. The van der Waals surface area contributed by atoms with Gasteiger partial charge in [-0.15, -0.1) is 0 Å². The van der Waals surface area contributed by atoms with E-state index in [0.29, 0.717) is 13.2 Å². The molecule has 4 heteroatoms. The third kappa shape index (κ3) is 3.72. The van der Waals surface area contributed by atoms with Crippen molar-refractivity contribution < 1.29 is 14.6 Å². The van der Waals surface area contributed by atoms with Crippen LogP contribution in [0.1, 0.15) is 31.9 Å². The largest absolute Gasteiger partial charge is 0.493 e. The van der Waals surface area contributed by atoms with Crippen molar-refractivity contribution in [3.63, 3.8) is 0 Å². The molecule has 0 spiro atoms. The molecule has 1 heterocycles. The van der Waals surface area contributed by atoms with Gasteiger partial charge in [-0.1, -0.05) is 32.0 Å². The number of morpholine rings is 1. The first-order valence-electron chi connectivity index (χ1n) is 7.50. The van der Waals surface area contributed by atoms with Crippen LogP contribution in [0.4, 0.5) is 0 Å². The Morgan fingerprint density at radius 1 is 1.40 bits per heavy atom. The SMILES string of the molecule is CCCOc1ccccc1C(O)C1CN(CC)CCO1. The third-order valence-electron chi connectivity index (χ3n) is 3.68. The van der Waals surface area contributed by atoms with Gasteiger partial charge in [-0.2, -0.15) is 0 Å². The summed E-state index contributed by atoms with van der Waals surface area (Å²) in [5, 5.41) is 10.6. The molecule has 2 rings (SSSR count). The van der Waals surface area contributed by atoms with Crippen LogP contribution in [0.25, 0.3) is 0 Å². The van der Waals surface area contributed by atoms with Gasteiger partial charge in [0.2, 0.25) is 0 Å². The van der Waals surface area contributed by atoms with E-state index in [0.717, 1.165) is 37.4 Å². The summed E-state index contributed by atoms with van der Waals surface area (Å²) in [6.07, 6.45) is 0.126. The standard InChI is InChI=1S/C16H25NO3/c1-3-10-19-14-8-6-5-7-13(14)16(18)15-12-17(4-2)9-11-20-15/h5-8,15-16,18H,3-4,9-12H2,1-2H3. The Labute approximate surface area is 121 Å². The van der Waals surface area contributed by atoms with Crippen molar-refractivity contribution in [2.24, 2.45) is 0 Å². The monoisotopic (exact) mass is 279 g/mol. The molecule has 0 radical (unpaired) electrons. The molecule has 1 aromatic carbocycles. The lowest BCUT2D eigenvalue weighted by molar-refractivity contribution is -0.0894. The number of nitrogens with zero attached hydrogens (tertiary/aromatic N) is 1. The molecule has 1 aromatic rings. The fourth-order valence-corrected chi connectivity index (χ4v) is 2.48. The van der Waals surface area contributed by atoms with E-state index >= 15 is 0 Å². The number of benzene rings is 1. The molecule has 1 N–H and O–H groups in total. The van der Waals surface area contributed by atoms with Crippen LogP contribution in [0.15, 0.2) is 24.3 Å². The minimum atomic E-state index is -0.641. The summed E-state index contributed by atoms with van der Waals surface area (Å²) in [7, 11) is 0. The fraction of sp³-hybridized carbons (Fsp3) is 0.625. The van der Waals surface area contributed by atoms with Gasteiger partial charge in [0.1, 0.15) is 18.0 Å². The van der Waals surface area contributed by atoms with Crippen molar-refractivity contribution in [1.82, 2.24) is 4.90 Å². The van der Waals surface area contributed by atoms with Crippen molar-refractivity contribution in [3.05, 3.63) is 29.8 Å². The van der Waals surface area contributed by atoms with E-state index in [1.165, 1.54) is 0 Å². The number of hydrogen-bond acceptors (Lipinski definition) is 4. The first kappa shape index (κ1) is 15.3. The summed E-state index contributed by atoms with van der Waals surface area (Å²) in [5.74, 6) is 0.763. The highest BCUT2D eigenvalue weighted by molar-refractivity contribution is 5.35. The lowest BCUT2D eigenvalue weighted by Gasteiger charge is -2.35. The molecule has 1 aliphatic heterocycles. The molecular weight excluding hydrogens is 254 g/mol. The minimum absolute atomic E-state index is 0.185. The van der Waals surface area contributed by atoms with E-state index in [1.54, 1.807) is 0 Å². The summed E-state index contributed by atoms with van der Waals surface area (Å²) in [5.41, 5.74) is 0.823. The second-order valence-corrected chi connectivity index (χ2v) is 5.13. The Kier molecular flexibility index (Phi) is 5.83. The number of likely N-dealkylation sites (N-methyl/N-ethyl adjacent to an activating group) is 1. The van der Waals surface area contributed by atoms with E-state index in [2.05, 4.69) is 18.7 Å². The van der Waals surface area contributed by atoms with Crippen LogP contribution in [0.5, 0.6) is 5.75 Å². The summed E-state index contributed by atoms with van der Waals surface area (Å²) < 4.78 is 11.5. The lowest BCUT2D eigenvalue weighted by atomic mass is 10.0. The number of hydrogen-bond donors (Lipinski definition) is 1. The van der Waals surface area contributed by atoms with E-state index in [9.17, 15) is 5.11 Å². The molecule has 0 bridgehead atoms. The van der Waals surface area contributed by atoms with Crippen LogP contribution in [-0.2, 0) is 4.74 Å². The Hall–Kier alpha value is -1.10. The average Bonchev–Trinajstić information content (AvgIpc) is 2.52. The highest BCUT2D eigenvalue weighted by Gasteiger charge is 2.28. The van der Waals surface area contributed by atoms with Gasteiger partial charge in [0.25, 0.3) is 0 Å². The maximum absolute atomic E-state index is 10.6. The van der Waals surface area contributed by atoms with Gasteiger partial charge in [-0.3, -0.25) is 4.90 Å². The van der Waals surface area contributed by atoms with E-state index in [4.69, 9.17) is 9.47 Å². The smallest absolute Gasteiger partial charge is 0.125 e. The quantitative estimate of drug-likeness (QED) is 0.867. The van der Waals surface area contributed by atoms with Crippen LogP contribution in [0.3, 0.4) is 0 Å². The molecule has 0 aliphatic carbocycles. The van der Waals surface area contributed by atoms with Crippen molar-refractivity contribution in [1.29, 1.82) is 0 Å². The minimum Gasteiger partial charge on any atom is -0.493 e. The molecule has 2 unspecified atom stereocenters. The van der Waals surface area contributed by atoms with Gasteiger partial charge in [-0.05, 0) is 19.0 Å². The van der Waals surface area contributed by atoms with Crippen LogP contribution >= 0.6 is 0 Å². The van der Waals surface area contributed by atoms with Crippen LogP contribution in [-0.4, -0.2) is 49.0 Å². The predicted molar refractivity (Wildman–Crippen MR) is 79.0 cm³/mol. The Balaban J connectivity index is 2.09. The van der Waals surface area contributed by atoms with Crippen molar-refractivity contribution in [2.45, 2.75) is 32.5 Å². The maximum atomic E-state index is 10.6. The lowest BCUT2D eigenvalue weighted by Crippen LogP contribution is -2.44. The Bertz CT molecular complexity index is 410. The Morgan fingerprint density at radius 3 is 2.95 bits per heavy atom. The second kappa shape index (κ2) is 7.62. The first-order chi connectivity index (χ1) is 9.76. The highest BCUT2D eigenvalue weighted by atomic mass is 16.5. The van der Waals surface area contributed by atoms with Crippen LogP contribution < -0.4 is 4.74 Å². The zero-order valence-corrected chi connectivity index (χ0v) is 12.4. The summed E-state index contributed by atoms with van der Waals surface area (Å²) in [6, 6.07) is 7.69. The first-order valence-corrected chi connectivity index (χ1v) is 7.50. The summed E-state index contributed by atoms with van der Waals surface area (Å²) in [6.45, 7) is 8.23. The van der Waals surface area contributed by atoms with Crippen molar-refractivity contribution >= 4 is 0 Å². The molecule has 1 fully saturated rings. The molecule has 0 amide bonds. The fourth-order valence-electron chi connectivity index (χ4n) is 2.48. The van der Waals surface area contributed by atoms with Gasteiger partial charge >= 0.3 is 0 Å². The summed E-state index contributed by atoms with van der Waals surface area (Å²) >= 11 is 0. The van der Waals surface area contributed by atoms with Gasteiger partial charge in [0.15, 0.2) is 0 Å². The number of para-hydroxylation sites is 1. The summed E-state index contributed by atoms with van der Waals surface area (Å²) in [4.78, 5) is 2.30. The van der Waals surface area contributed by atoms with E-state index in [1.807, 2.05) is 24.3 Å². The van der Waals surface area contributed by atoms with E-state index in [-0.39, 0.29) is 6.10 Å². The number of rotatable bonds is 6. The molecule has 4 nitrogen and oxygen atoms in total. The molecule has 0 saturated carbocycles. The van der Waals surface area contributed by atoms with Crippen molar-refractivity contribution in [2.75, 3.05) is 32.8 Å². The van der Waals surface area contributed by atoms with Gasteiger partial charge in [-0.25, -0.2) is 0 Å². The predicted octanol–water partition coefficient (Wildman–Crippen LogP) is 2.23. The normalized spacial score (nSPS) is 21.6. The zero-order chi connectivity index (χ0) is 14.4. The van der Waals surface area contributed by atoms with Gasteiger partial charge in [0.05, 0.1) is 13.2 Å². The molecule has 1 saturated heterocycles. The molecular formula is C16H25NO3. The topological polar surface area (TPSA) is 41.9 Å². The highest BCUT2D eigenvalue weighted by Crippen LogP contribution is 2.29. The molecule has 1 aliphatic rings. The van der Waals surface area contributed by atoms with Crippen LogP contribution in [0, 0.1) is 0 Å². The number of aliphatic hydroxyl groups is 1. The van der Waals surface area contributed by atoms with Crippen LogP contribution in [0.2, 0.25) is 0 Å². The Morgan fingerprint density at radius 2 is 2.20 bits per heavy atom. The third-order valence-corrected chi connectivity index (χ3v) is 3.68. The second-order valence-electron chi connectivity index (χ2n) is 5.13. The maximum Gasteiger partial charge on any atom is 0.125 e. The van der Waals surface area contributed by atoms with Gasteiger partial charge < -0.3 is 14.6 Å². The number of aliphatic hydroxyl groups excluding tert-OH is 1. The average molecular weight is 279 g/mol. The zero-order valence-electron chi connectivity index (χ0n) is 12.4. The molecule has 0 aromatic heterocycles. The van der Waals surface area contributed by atoms with Gasteiger partial charge in [0, 0.05) is 18.7 Å².